The molecule has 1 aliphatic rings. The Balaban J connectivity index is 1.78. The van der Waals surface area contributed by atoms with Gasteiger partial charge in [-0.2, -0.15) is 0 Å². The number of hydrogen-bond donors (Lipinski definition) is 1. The number of aryl methyl sites for hydroxylation is 1. The van der Waals surface area contributed by atoms with Gasteiger partial charge in [-0.25, -0.2) is 4.98 Å². The predicted octanol–water partition coefficient (Wildman–Crippen LogP) is 3.66. The average molecular weight is 287 g/mol. The van der Waals surface area contributed by atoms with E-state index >= 15 is 0 Å². The molecule has 0 saturated heterocycles. The molecule has 0 spiro atoms. The molecule has 3 rings (SSSR count). The lowest BCUT2D eigenvalue weighted by atomic mass is 9.84. The van der Waals surface area contributed by atoms with Crippen LogP contribution in [0, 0.1) is 5.92 Å². The summed E-state index contributed by atoms with van der Waals surface area (Å²) in [5.41, 5.74) is 0. The second-order valence-corrected chi connectivity index (χ2v) is 6.20. The van der Waals surface area contributed by atoms with Crippen LogP contribution in [0.3, 0.4) is 0 Å². The van der Waals surface area contributed by atoms with Crippen molar-refractivity contribution >= 4 is 0 Å². The summed E-state index contributed by atoms with van der Waals surface area (Å²) in [6.45, 7) is 2.30. The van der Waals surface area contributed by atoms with Gasteiger partial charge in [0.2, 0.25) is 0 Å². The first-order valence-corrected chi connectivity index (χ1v) is 8.02. The lowest BCUT2D eigenvalue weighted by Crippen LogP contribution is -2.38. The van der Waals surface area contributed by atoms with Crippen molar-refractivity contribution in [3.8, 4) is 0 Å². The molecule has 0 radical (unpaired) electrons. The van der Waals surface area contributed by atoms with Gasteiger partial charge in [-0.15, -0.1) is 0 Å². The van der Waals surface area contributed by atoms with E-state index in [9.17, 15) is 0 Å². The molecule has 0 aliphatic heterocycles. The first-order valence-electron chi connectivity index (χ1n) is 8.02. The highest BCUT2D eigenvalue weighted by atomic mass is 16.3. The fraction of sp³-hybridized carbons (Fsp3) is 0.588. The van der Waals surface area contributed by atoms with E-state index in [1.807, 2.05) is 31.6 Å². The van der Waals surface area contributed by atoms with Crippen LogP contribution >= 0.6 is 0 Å². The van der Waals surface area contributed by atoms with Gasteiger partial charge in [0.25, 0.3) is 0 Å². The zero-order chi connectivity index (χ0) is 14.7. The molecule has 2 aromatic rings. The van der Waals surface area contributed by atoms with Crippen molar-refractivity contribution in [1.82, 2.24) is 14.9 Å². The molecule has 1 unspecified atom stereocenters. The van der Waals surface area contributed by atoms with E-state index in [0.29, 0.717) is 6.04 Å². The number of aromatic nitrogens is 2. The van der Waals surface area contributed by atoms with Crippen molar-refractivity contribution in [1.29, 1.82) is 0 Å². The Bertz CT molecular complexity index is 540. The van der Waals surface area contributed by atoms with Crippen molar-refractivity contribution in [3.63, 3.8) is 0 Å². The summed E-state index contributed by atoms with van der Waals surface area (Å²) >= 11 is 0. The normalized spacial score (nSPS) is 19.5. The Labute approximate surface area is 126 Å². The highest BCUT2D eigenvalue weighted by molar-refractivity contribution is 5.16. The lowest BCUT2D eigenvalue weighted by molar-refractivity contribution is 0.261. The summed E-state index contributed by atoms with van der Waals surface area (Å²) < 4.78 is 7.71. The van der Waals surface area contributed by atoms with Crippen molar-refractivity contribution in [3.05, 3.63) is 42.4 Å². The van der Waals surface area contributed by atoms with Crippen molar-refractivity contribution in [2.45, 2.75) is 51.1 Å². The van der Waals surface area contributed by atoms with Crippen LogP contribution in [-0.2, 0) is 7.05 Å². The maximum absolute atomic E-state index is 5.65. The quantitative estimate of drug-likeness (QED) is 0.912. The Morgan fingerprint density at radius 1 is 1.33 bits per heavy atom. The molecule has 0 amide bonds. The first-order chi connectivity index (χ1) is 10.3. The largest absolute Gasteiger partial charge is 0.467 e. The number of furan rings is 1. The number of rotatable bonds is 5. The molecule has 0 aromatic carbocycles. The SMILES string of the molecule is C[C@H](NC(c1ccco1)c1nccn1C)C1CCCCC1. The number of nitrogens with one attached hydrogen (secondary N) is 1. The summed E-state index contributed by atoms with van der Waals surface area (Å²) in [6.07, 6.45) is 12.4. The van der Waals surface area contributed by atoms with Crippen LogP contribution in [0.4, 0.5) is 0 Å². The molecule has 4 nitrogen and oxygen atoms in total. The lowest BCUT2D eigenvalue weighted by Gasteiger charge is -2.31. The molecule has 0 bridgehead atoms. The monoisotopic (exact) mass is 287 g/mol. The van der Waals surface area contributed by atoms with Gasteiger partial charge in [0.05, 0.1) is 6.26 Å². The minimum Gasteiger partial charge on any atom is -0.467 e. The summed E-state index contributed by atoms with van der Waals surface area (Å²) in [6, 6.07) is 4.46. The molecule has 1 N–H and O–H groups in total. The van der Waals surface area contributed by atoms with Crippen LogP contribution in [0.1, 0.15) is 56.7 Å². The van der Waals surface area contributed by atoms with Crippen molar-refractivity contribution < 1.29 is 4.42 Å². The number of nitrogens with zero attached hydrogens (tertiary/aromatic N) is 2. The smallest absolute Gasteiger partial charge is 0.133 e. The standard InChI is InChI=1S/C17H25N3O/c1-13(14-7-4-3-5-8-14)19-16(15-9-6-12-21-15)17-18-10-11-20(17)2/h6,9-14,16,19H,3-5,7-8H2,1-2H3/t13-,16?/m0/s1. The van der Waals surface area contributed by atoms with Gasteiger partial charge in [-0.05, 0) is 37.8 Å². The molecule has 1 saturated carbocycles. The van der Waals surface area contributed by atoms with E-state index in [0.717, 1.165) is 17.5 Å². The van der Waals surface area contributed by atoms with E-state index in [4.69, 9.17) is 4.42 Å². The van der Waals surface area contributed by atoms with Gasteiger partial charge in [-0.3, -0.25) is 5.32 Å². The van der Waals surface area contributed by atoms with Crippen molar-refractivity contribution in [2.75, 3.05) is 0 Å². The first kappa shape index (κ1) is 14.4. The van der Waals surface area contributed by atoms with Gasteiger partial charge < -0.3 is 8.98 Å². The Morgan fingerprint density at radius 2 is 2.14 bits per heavy atom. The average Bonchev–Trinajstić information content (AvgIpc) is 3.17. The van der Waals surface area contributed by atoms with Crippen LogP contribution in [0.2, 0.25) is 0 Å². The second kappa shape index (κ2) is 6.48. The molecule has 4 heteroatoms. The van der Waals surface area contributed by atoms with E-state index in [1.165, 1.54) is 32.1 Å². The second-order valence-electron chi connectivity index (χ2n) is 6.20. The van der Waals surface area contributed by atoms with Crippen molar-refractivity contribution in [2.24, 2.45) is 13.0 Å². The maximum atomic E-state index is 5.65. The molecular weight excluding hydrogens is 262 g/mol. The van der Waals surface area contributed by atoms with E-state index < -0.39 is 0 Å². The third-order valence-electron chi connectivity index (χ3n) is 4.73. The highest BCUT2D eigenvalue weighted by Gasteiger charge is 2.27. The fourth-order valence-electron chi connectivity index (χ4n) is 3.43. The summed E-state index contributed by atoms with van der Waals surface area (Å²) in [7, 11) is 2.03. The Morgan fingerprint density at radius 3 is 2.76 bits per heavy atom. The summed E-state index contributed by atoms with van der Waals surface area (Å²) in [4.78, 5) is 4.51. The third kappa shape index (κ3) is 3.21. The molecule has 1 aliphatic carbocycles. The maximum Gasteiger partial charge on any atom is 0.133 e. The molecule has 2 aromatic heterocycles. The zero-order valence-corrected chi connectivity index (χ0v) is 13.0. The molecule has 2 atom stereocenters. The van der Waals surface area contributed by atoms with E-state index in [2.05, 4.69) is 21.8 Å². The van der Waals surface area contributed by atoms with Gasteiger partial charge in [0, 0.05) is 25.5 Å². The summed E-state index contributed by atoms with van der Waals surface area (Å²) in [5, 5.41) is 3.76. The van der Waals surface area contributed by atoms with Gasteiger partial charge in [0.15, 0.2) is 0 Å². The van der Waals surface area contributed by atoms with Gasteiger partial charge in [-0.1, -0.05) is 19.3 Å². The molecular formula is C17H25N3O. The fourth-order valence-corrected chi connectivity index (χ4v) is 3.43. The molecule has 21 heavy (non-hydrogen) atoms. The van der Waals surface area contributed by atoms with Crippen LogP contribution in [0.15, 0.2) is 35.2 Å². The predicted molar refractivity (Wildman–Crippen MR) is 82.9 cm³/mol. The van der Waals surface area contributed by atoms with Crippen LogP contribution in [-0.4, -0.2) is 15.6 Å². The molecule has 2 heterocycles. The minimum absolute atomic E-state index is 0.0249. The summed E-state index contributed by atoms with van der Waals surface area (Å²) in [5.74, 6) is 2.70. The molecule has 114 valence electrons. The van der Waals surface area contributed by atoms with Gasteiger partial charge >= 0.3 is 0 Å². The Hall–Kier alpha value is -1.55. The minimum atomic E-state index is 0.0249. The van der Waals surface area contributed by atoms with Crippen LogP contribution < -0.4 is 5.32 Å². The molecule has 1 fully saturated rings. The highest BCUT2D eigenvalue weighted by Crippen LogP contribution is 2.29. The van der Waals surface area contributed by atoms with Crippen LogP contribution in [0.5, 0.6) is 0 Å². The zero-order valence-electron chi connectivity index (χ0n) is 13.0. The van der Waals surface area contributed by atoms with E-state index in [-0.39, 0.29) is 6.04 Å². The van der Waals surface area contributed by atoms with Crippen LogP contribution in [0.25, 0.3) is 0 Å². The topological polar surface area (TPSA) is 43.0 Å². The van der Waals surface area contributed by atoms with E-state index in [1.54, 1.807) is 6.26 Å². The third-order valence-corrected chi connectivity index (χ3v) is 4.73. The number of imidazole rings is 1. The van der Waals surface area contributed by atoms with Gasteiger partial charge in [0.1, 0.15) is 17.6 Å². The Kier molecular flexibility index (Phi) is 4.44. The number of hydrogen-bond acceptors (Lipinski definition) is 3.